The van der Waals surface area contributed by atoms with Crippen molar-refractivity contribution < 1.29 is 9.63 Å². The van der Waals surface area contributed by atoms with Crippen molar-refractivity contribution in [3.63, 3.8) is 0 Å². The molecule has 0 aliphatic heterocycles. The van der Waals surface area contributed by atoms with Crippen molar-refractivity contribution in [1.82, 2.24) is 24.9 Å². The SMILES string of the molecule is Cn1cc(-c2cnc3[nH]cc(-c4cc(-c5ccccc5CO)on4)c3c2)cn1. The summed E-state index contributed by atoms with van der Waals surface area (Å²) in [7, 11) is 1.89. The number of fused-ring (bicyclic) bond motifs is 1. The number of aliphatic hydroxyl groups is 1. The number of pyridine rings is 1. The molecule has 4 aromatic heterocycles. The molecule has 2 N–H and O–H groups in total. The molecule has 5 rings (SSSR count). The van der Waals surface area contributed by atoms with Gasteiger partial charge in [-0.2, -0.15) is 5.10 Å². The van der Waals surface area contributed by atoms with Crippen LogP contribution in [0.25, 0.3) is 44.7 Å². The maximum Gasteiger partial charge on any atom is 0.167 e. The summed E-state index contributed by atoms with van der Waals surface area (Å²) in [5, 5.41) is 19.0. The standard InChI is InChI=1S/C21H17N5O2/c1-26-11-15(9-24-26)14-6-17-18(10-23-21(17)22-8-14)19-7-20(28-25-19)16-5-3-2-4-13(16)12-27/h2-11,27H,12H2,1H3,(H,22,23). The molecule has 7 heteroatoms. The summed E-state index contributed by atoms with van der Waals surface area (Å²) in [6, 6.07) is 11.5. The van der Waals surface area contributed by atoms with Gasteiger partial charge in [0.1, 0.15) is 11.3 Å². The van der Waals surface area contributed by atoms with Gasteiger partial charge in [0.25, 0.3) is 0 Å². The van der Waals surface area contributed by atoms with Gasteiger partial charge in [-0.1, -0.05) is 29.4 Å². The number of rotatable bonds is 4. The van der Waals surface area contributed by atoms with E-state index in [0.717, 1.165) is 38.9 Å². The minimum absolute atomic E-state index is 0.0579. The number of aliphatic hydroxyl groups excluding tert-OH is 1. The zero-order valence-electron chi connectivity index (χ0n) is 15.1. The van der Waals surface area contributed by atoms with Crippen molar-refractivity contribution in [3.8, 4) is 33.7 Å². The number of aromatic nitrogens is 5. The Morgan fingerprint density at radius 1 is 1.11 bits per heavy atom. The summed E-state index contributed by atoms with van der Waals surface area (Å²) in [5.41, 5.74) is 6.01. The molecule has 0 fully saturated rings. The van der Waals surface area contributed by atoms with E-state index in [2.05, 4.69) is 26.3 Å². The first-order chi connectivity index (χ1) is 13.7. The first-order valence-corrected chi connectivity index (χ1v) is 8.85. The fourth-order valence-electron chi connectivity index (χ4n) is 3.37. The number of hydrogen-bond acceptors (Lipinski definition) is 5. The Morgan fingerprint density at radius 2 is 2.00 bits per heavy atom. The lowest BCUT2D eigenvalue weighted by molar-refractivity contribution is 0.282. The van der Waals surface area contributed by atoms with E-state index in [1.54, 1.807) is 4.68 Å². The van der Waals surface area contributed by atoms with Crippen LogP contribution in [0.3, 0.4) is 0 Å². The van der Waals surface area contributed by atoms with Crippen LogP contribution in [0.2, 0.25) is 0 Å². The Hall–Kier alpha value is -3.71. The number of H-pyrrole nitrogens is 1. The molecule has 4 heterocycles. The van der Waals surface area contributed by atoms with Gasteiger partial charge in [-0.3, -0.25) is 4.68 Å². The molecule has 0 spiro atoms. The van der Waals surface area contributed by atoms with E-state index in [1.165, 1.54) is 0 Å². The van der Waals surface area contributed by atoms with Crippen LogP contribution in [0.15, 0.2) is 65.7 Å². The van der Waals surface area contributed by atoms with Crippen LogP contribution in [0, 0.1) is 0 Å². The van der Waals surface area contributed by atoms with E-state index in [0.29, 0.717) is 11.5 Å². The number of benzene rings is 1. The molecule has 0 aliphatic carbocycles. The summed E-state index contributed by atoms with van der Waals surface area (Å²) < 4.78 is 7.34. The van der Waals surface area contributed by atoms with Crippen molar-refractivity contribution in [2.45, 2.75) is 6.61 Å². The van der Waals surface area contributed by atoms with Crippen LogP contribution in [0.4, 0.5) is 0 Å². The smallest absolute Gasteiger partial charge is 0.167 e. The van der Waals surface area contributed by atoms with Crippen LogP contribution < -0.4 is 0 Å². The van der Waals surface area contributed by atoms with Crippen LogP contribution in [-0.4, -0.2) is 30.0 Å². The average Bonchev–Trinajstić information content (AvgIpc) is 3.46. The second kappa shape index (κ2) is 6.47. The Balaban J connectivity index is 1.59. The number of aromatic amines is 1. The van der Waals surface area contributed by atoms with E-state index in [-0.39, 0.29) is 6.61 Å². The summed E-state index contributed by atoms with van der Waals surface area (Å²) in [6.07, 6.45) is 7.47. The normalized spacial score (nSPS) is 11.4. The third-order valence-corrected chi connectivity index (χ3v) is 4.81. The van der Waals surface area contributed by atoms with Gasteiger partial charge in [-0.05, 0) is 11.6 Å². The molecule has 0 bridgehead atoms. The molecule has 0 saturated carbocycles. The molecule has 7 nitrogen and oxygen atoms in total. The molecule has 0 atom stereocenters. The van der Waals surface area contributed by atoms with Crippen molar-refractivity contribution in [2.75, 3.05) is 0 Å². The van der Waals surface area contributed by atoms with E-state index < -0.39 is 0 Å². The van der Waals surface area contributed by atoms with E-state index in [9.17, 15) is 5.11 Å². The second-order valence-corrected chi connectivity index (χ2v) is 6.62. The molecular formula is C21H17N5O2. The van der Waals surface area contributed by atoms with E-state index in [1.807, 2.05) is 62.2 Å². The summed E-state index contributed by atoms with van der Waals surface area (Å²) in [6.45, 7) is -0.0579. The zero-order chi connectivity index (χ0) is 19.1. The third-order valence-electron chi connectivity index (χ3n) is 4.81. The van der Waals surface area contributed by atoms with Gasteiger partial charge < -0.3 is 14.6 Å². The molecule has 0 unspecified atom stereocenters. The fourth-order valence-corrected chi connectivity index (χ4v) is 3.37. The maximum atomic E-state index is 9.57. The predicted molar refractivity (Wildman–Crippen MR) is 105 cm³/mol. The van der Waals surface area contributed by atoms with E-state index >= 15 is 0 Å². The van der Waals surface area contributed by atoms with Gasteiger partial charge in [0.15, 0.2) is 5.76 Å². The quantitative estimate of drug-likeness (QED) is 0.501. The average molecular weight is 371 g/mol. The van der Waals surface area contributed by atoms with Gasteiger partial charge in [0.2, 0.25) is 0 Å². The Kier molecular flexibility index (Phi) is 3.80. The zero-order valence-corrected chi connectivity index (χ0v) is 15.1. The Bertz CT molecular complexity index is 1280. The molecular weight excluding hydrogens is 354 g/mol. The highest BCUT2D eigenvalue weighted by molar-refractivity contribution is 5.95. The van der Waals surface area contributed by atoms with Gasteiger partial charge in [0.05, 0.1) is 12.8 Å². The molecule has 28 heavy (non-hydrogen) atoms. The minimum atomic E-state index is -0.0579. The Labute approximate surface area is 160 Å². The van der Waals surface area contributed by atoms with Crippen LogP contribution in [0.1, 0.15) is 5.56 Å². The van der Waals surface area contributed by atoms with E-state index in [4.69, 9.17) is 4.52 Å². The van der Waals surface area contributed by atoms with Crippen molar-refractivity contribution in [1.29, 1.82) is 0 Å². The largest absolute Gasteiger partial charge is 0.392 e. The van der Waals surface area contributed by atoms with Gasteiger partial charge in [0, 0.05) is 59.3 Å². The number of nitrogens with one attached hydrogen (secondary N) is 1. The summed E-state index contributed by atoms with van der Waals surface area (Å²) in [4.78, 5) is 7.71. The lowest BCUT2D eigenvalue weighted by Gasteiger charge is -2.01. The maximum absolute atomic E-state index is 9.57. The topological polar surface area (TPSA) is 92.8 Å². The van der Waals surface area contributed by atoms with Crippen molar-refractivity contribution in [3.05, 3.63) is 66.7 Å². The van der Waals surface area contributed by atoms with Gasteiger partial charge in [-0.15, -0.1) is 0 Å². The highest BCUT2D eigenvalue weighted by atomic mass is 16.5. The second-order valence-electron chi connectivity index (χ2n) is 6.62. The van der Waals surface area contributed by atoms with Crippen molar-refractivity contribution >= 4 is 11.0 Å². The number of aryl methyl sites for hydroxylation is 1. The molecule has 0 amide bonds. The molecule has 1 aromatic carbocycles. The number of nitrogens with zero attached hydrogens (tertiary/aromatic N) is 4. The molecule has 0 radical (unpaired) electrons. The minimum Gasteiger partial charge on any atom is -0.392 e. The first-order valence-electron chi connectivity index (χ1n) is 8.85. The first kappa shape index (κ1) is 16.5. The molecule has 138 valence electrons. The molecule has 0 aliphatic rings. The van der Waals surface area contributed by atoms with Crippen LogP contribution >= 0.6 is 0 Å². The summed E-state index contributed by atoms with van der Waals surface area (Å²) >= 11 is 0. The Morgan fingerprint density at radius 3 is 2.82 bits per heavy atom. The fraction of sp³-hybridized carbons (Fsp3) is 0.0952. The lowest BCUT2D eigenvalue weighted by Crippen LogP contribution is -1.86. The highest BCUT2D eigenvalue weighted by Gasteiger charge is 2.16. The van der Waals surface area contributed by atoms with Crippen molar-refractivity contribution in [2.24, 2.45) is 7.05 Å². The monoisotopic (exact) mass is 371 g/mol. The molecule has 5 aromatic rings. The van der Waals surface area contributed by atoms with Gasteiger partial charge >= 0.3 is 0 Å². The third kappa shape index (κ3) is 2.69. The summed E-state index contributed by atoms with van der Waals surface area (Å²) in [5.74, 6) is 0.616. The highest BCUT2D eigenvalue weighted by Crippen LogP contribution is 2.33. The molecule has 0 saturated heterocycles. The van der Waals surface area contributed by atoms with Gasteiger partial charge in [-0.25, -0.2) is 4.98 Å². The lowest BCUT2D eigenvalue weighted by atomic mass is 10.0. The van der Waals surface area contributed by atoms with Crippen LogP contribution in [0.5, 0.6) is 0 Å². The van der Waals surface area contributed by atoms with Crippen LogP contribution in [-0.2, 0) is 13.7 Å². The predicted octanol–water partition coefficient (Wildman–Crippen LogP) is 3.78. The number of hydrogen-bond donors (Lipinski definition) is 2.